The van der Waals surface area contributed by atoms with E-state index in [0.717, 1.165) is 36.5 Å². The Morgan fingerprint density at radius 1 is 1.52 bits per heavy atom. The van der Waals surface area contributed by atoms with Crippen LogP contribution in [-0.2, 0) is 4.79 Å². The molecule has 1 aliphatic carbocycles. The molecule has 21 heavy (non-hydrogen) atoms. The maximum absolute atomic E-state index is 11.8. The molecule has 2 heterocycles. The Morgan fingerprint density at radius 2 is 2.38 bits per heavy atom. The molecule has 4 nitrogen and oxygen atoms in total. The van der Waals surface area contributed by atoms with Crippen molar-refractivity contribution in [1.82, 2.24) is 4.98 Å². The van der Waals surface area contributed by atoms with Gasteiger partial charge in [-0.2, -0.15) is 0 Å². The molecule has 0 radical (unpaired) electrons. The molecular weight excluding hydrogens is 284 g/mol. The molecule has 2 fully saturated rings. The average molecular weight is 302 g/mol. The van der Waals surface area contributed by atoms with Gasteiger partial charge in [-0.05, 0) is 37.3 Å². The third-order valence-electron chi connectivity index (χ3n) is 5.17. The minimum Gasteiger partial charge on any atom is -0.481 e. The first-order chi connectivity index (χ1) is 10.1. The van der Waals surface area contributed by atoms with Crippen LogP contribution in [0.3, 0.4) is 0 Å². The SMILES string of the molecule is Cc1cccc2nc(N3C[C@@H]4CCC[C@@]4(C(=O)O)C3)sc12. The molecule has 0 unspecified atom stereocenters. The molecule has 1 aliphatic heterocycles. The number of hydrogen-bond donors (Lipinski definition) is 1. The lowest BCUT2D eigenvalue weighted by molar-refractivity contribution is -0.149. The number of fused-ring (bicyclic) bond motifs is 2. The zero-order valence-electron chi connectivity index (χ0n) is 12.0. The van der Waals surface area contributed by atoms with E-state index >= 15 is 0 Å². The molecule has 2 aromatic rings. The Hall–Kier alpha value is -1.62. The highest BCUT2D eigenvalue weighted by Gasteiger charge is 2.55. The van der Waals surface area contributed by atoms with Crippen molar-refractivity contribution in [1.29, 1.82) is 0 Å². The fourth-order valence-corrected chi connectivity index (χ4v) is 5.04. The summed E-state index contributed by atoms with van der Waals surface area (Å²) >= 11 is 1.69. The molecular formula is C16H18N2O2S. The van der Waals surface area contributed by atoms with Crippen LogP contribution in [0.25, 0.3) is 10.2 Å². The number of carboxylic acids is 1. The van der Waals surface area contributed by atoms with E-state index in [1.807, 2.05) is 12.1 Å². The summed E-state index contributed by atoms with van der Waals surface area (Å²) in [5.74, 6) is -0.340. The number of anilines is 1. The number of aryl methyl sites for hydroxylation is 1. The van der Waals surface area contributed by atoms with Crippen molar-refractivity contribution >= 4 is 32.7 Å². The van der Waals surface area contributed by atoms with Crippen molar-refractivity contribution < 1.29 is 9.90 Å². The second-order valence-electron chi connectivity index (χ2n) is 6.35. The van der Waals surface area contributed by atoms with Gasteiger partial charge in [0.25, 0.3) is 0 Å². The average Bonchev–Trinajstić information content (AvgIpc) is 3.09. The number of rotatable bonds is 2. The third kappa shape index (κ3) is 1.80. The summed E-state index contributed by atoms with van der Waals surface area (Å²) in [5.41, 5.74) is 1.73. The van der Waals surface area contributed by atoms with Gasteiger partial charge in [0.1, 0.15) is 0 Å². The highest BCUT2D eigenvalue weighted by Crippen LogP contribution is 2.50. The predicted octanol–water partition coefficient (Wildman–Crippen LogP) is 3.30. The molecule has 1 aromatic carbocycles. The van der Waals surface area contributed by atoms with Crippen LogP contribution in [0.4, 0.5) is 5.13 Å². The smallest absolute Gasteiger partial charge is 0.311 e. The second kappa shape index (κ2) is 4.44. The maximum atomic E-state index is 11.8. The highest BCUT2D eigenvalue weighted by atomic mass is 32.1. The second-order valence-corrected chi connectivity index (χ2v) is 7.33. The number of benzene rings is 1. The Balaban J connectivity index is 1.71. The van der Waals surface area contributed by atoms with Gasteiger partial charge < -0.3 is 10.0 Å². The summed E-state index contributed by atoms with van der Waals surface area (Å²) in [6.07, 6.45) is 2.89. The molecule has 1 aromatic heterocycles. The lowest BCUT2D eigenvalue weighted by atomic mass is 9.81. The maximum Gasteiger partial charge on any atom is 0.311 e. The highest BCUT2D eigenvalue weighted by molar-refractivity contribution is 7.22. The van der Waals surface area contributed by atoms with Crippen molar-refractivity contribution in [3.8, 4) is 0 Å². The first kappa shape index (κ1) is 13.1. The zero-order valence-corrected chi connectivity index (χ0v) is 12.8. The van der Waals surface area contributed by atoms with Crippen molar-refractivity contribution in [3.05, 3.63) is 23.8 Å². The number of carboxylic acid groups (broad SMARTS) is 1. The summed E-state index contributed by atoms with van der Waals surface area (Å²) in [7, 11) is 0. The third-order valence-corrected chi connectivity index (χ3v) is 6.44. The van der Waals surface area contributed by atoms with Gasteiger partial charge in [0.05, 0.1) is 15.6 Å². The van der Waals surface area contributed by atoms with Crippen LogP contribution < -0.4 is 4.90 Å². The minimum absolute atomic E-state index is 0.281. The van der Waals surface area contributed by atoms with Gasteiger partial charge in [-0.15, -0.1) is 0 Å². The monoisotopic (exact) mass is 302 g/mol. The van der Waals surface area contributed by atoms with Gasteiger partial charge in [-0.25, -0.2) is 4.98 Å². The number of aromatic nitrogens is 1. The molecule has 2 atom stereocenters. The molecule has 0 spiro atoms. The standard InChI is InChI=1S/C16H18N2O2S/c1-10-4-2-6-12-13(10)21-15(17-12)18-8-11-5-3-7-16(11,9-18)14(19)20/h2,4,6,11H,3,5,7-9H2,1H3,(H,19,20)/t11-,16+/m0/s1. The minimum atomic E-state index is -0.621. The Labute approximate surface area is 127 Å². The van der Waals surface area contributed by atoms with Crippen LogP contribution in [0.5, 0.6) is 0 Å². The molecule has 2 aliphatic rings. The lowest BCUT2D eigenvalue weighted by Crippen LogP contribution is -2.35. The summed E-state index contributed by atoms with van der Waals surface area (Å²) in [6, 6.07) is 6.16. The van der Waals surface area contributed by atoms with Crippen molar-refractivity contribution in [2.45, 2.75) is 26.2 Å². The Bertz CT molecular complexity index is 726. The summed E-state index contributed by atoms with van der Waals surface area (Å²) in [4.78, 5) is 18.7. The molecule has 0 amide bonds. The summed E-state index contributed by atoms with van der Waals surface area (Å²) < 4.78 is 1.22. The van der Waals surface area contributed by atoms with Gasteiger partial charge in [-0.1, -0.05) is 29.9 Å². The number of thiazole rings is 1. The van der Waals surface area contributed by atoms with Gasteiger partial charge in [0, 0.05) is 13.1 Å². The van der Waals surface area contributed by atoms with Gasteiger partial charge in [0.15, 0.2) is 5.13 Å². The van der Waals surface area contributed by atoms with Crippen LogP contribution in [0.1, 0.15) is 24.8 Å². The first-order valence-electron chi connectivity index (χ1n) is 7.45. The Kier molecular flexibility index (Phi) is 2.76. The topological polar surface area (TPSA) is 53.4 Å². The van der Waals surface area contributed by atoms with Crippen LogP contribution in [0, 0.1) is 18.3 Å². The number of hydrogen-bond acceptors (Lipinski definition) is 4. The normalized spacial score (nSPS) is 28.2. The fourth-order valence-electron chi connectivity index (χ4n) is 3.99. The van der Waals surface area contributed by atoms with E-state index in [1.54, 1.807) is 11.3 Å². The molecule has 110 valence electrons. The van der Waals surface area contributed by atoms with Crippen LogP contribution in [0.2, 0.25) is 0 Å². The molecule has 0 bridgehead atoms. The predicted molar refractivity (Wildman–Crippen MR) is 84.0 cm³/mol. The Morgan fingerprint density at radius 3 is 3.10 bits per heavy atom. The van der Waals surface area contributed by atoms with Crippen molar-refractivity contribution in [2.75, 3.05) is 18.0 Å². The summed E-state index contributed by atoms with van der Waals surface area (Å²) in [6.45, 7) is 3.55. The van der Waals surface area contributed by atoms with E-state index in [4.69, 9.17) is 4.98 Å². The largest absolute Gasteiger partial charge is 0.481 e. The van der Waals surface area contributed by atoms with E-state index in [2.05, 4.69) is 17.9 Å². The quantitative estimate of drug-likeness (QED) is 0.925. The lowest BCUT2D eigenvalue weighted by Gasteiger charge is -2.22. The van der Waals surface area contributed by atoms with Crippen LogP contribution in [0.15, 0.2) is 18.2 Å². The number of carbonyl (C=O) groups is 1. The van der Waals surface area contributed by atoms with E-state index in [0.29, 0.717) is 6.54 Å². The van der Waals surface area contributed by atoms with Gasteiger partial charge in [0.2, 0.25) is 0 Å². The van der Waals surface area contributed by atoms with E-state index in [-0.39, 0.29) is 5.92 Å². The summed E-state index contributed by atoms with van der Waals surface area (Å²) in [5, 5.41) is 10.7. The first-order valence-corrected chi connectivity index (χ1v) is 8.26. The molecule has 5 heteroatoms. The molecule has 1 saturated carbocycles. The number of aliphatic carboxylic acids is 1. The van der Waals surface area contributed by atoms with Crippen LogP contribution >= 0.6 is 11.3 Å². The van der Waals surface area contributed by atoms with Crippen LogP contribution in [-0.4, -0.2) is 29.1 Å². The zero-order chi connectivity index (χ0) is 14.6. The van der Waals surface area contributed by atoms with Crippen molar-refractivity contribution in [2.24, 2.45) is 11.3 Å². The molecule has 1 saturated heterocycles. The number of nitrogens with zero attached hydrogens (tertiary/aromatic N) is 2. The van der Waals surface area contributed by atoms with E-state index in [1.165, 1.54) is 10.3 Å². The fraction of sp³-hybridized carbons (Fsp3) is 0.500. The molecule has 1 N–H and O–H groups in total. The van der Waals surface area contributed by atoms with Gasteiger partial charge >= 0.3 is 5.97 Å². The van der Waals surface area contributed by atoms with Crippen molar-refractivity contribution in [3.63, 3.8) is 0 Å². The molecule has 4 rings (SSSR count). The van der Waals surface area contributed by atoms with E-state index in [9.17, 15) is 9.90 Å². The van der Waals surface area contributed by atoms with Gasteiger partial charge in [-0.3, -0.25) is 4.79 Å². The van der Waals surface area contributed by atoms with E-state index < -0.39 is 11.4 Å².